The lowest BCUT2D eigenvalue weighted by Crippen LogP contribution is -2.34. The second kappa shape index (κ2) is 5.64. The third kappa shape index (κ3) is 2.75. The van der Waals surface area contributed by atoms with Gasteiger partial charge in [0.05, 0.1) is 6.54 Å². The van der Waals surface area contributed by atoms with Gasteiger partial charge in [0.2, 0.25) is 11.8 Å². The Hall–Kier alpha value is -1.62. The summed E-state index contributed by atoms with van der Waals surface area (Å²) in [4.78, 5) is 2.43. The molecule has 5 nitrogen and oxygen atoms in total. The highest BCUT2D eigenvalue weighted by atomic mass is 16.4. The van der Waals surface area contributed by atoms with Gasteiger partial charge < -0.3 is 8.98 Å². The summed E-state index contributed by atoms with van der Waals surface area (Å²) in [6, 6.07) is 4.85. The molecule has 1 saturated carbocycles. The molecule has 1 saturated heterocycles. The van der Waals surface area contributed by atoms with Gasteiger partial charge >= 0.3 is 0 Å². The molecule has 3 heterocycles. The van der Waals surface area contributed by atoms with E-state index >= 15 is 0 Å². The zero-order valence-corrected chi connectivity index (χ0v) is 12.3. The zero-order valence-electron chi connectivity index (χ0n) is 12.3. The Bertz CT molecular complexity index is 565. The number of nitrogens with zero attached hydrogens (tertiary/aromatic N) is 4. The molecule has 4 rings (SSSR count). The lowest BCUT2D eigenvalue weighted by Gasteiger charge is -2.31. The third-order valence-corrected chi connectivity index (χ3v) is 4.90. The highest BCUT2D eigenvalue weighted by Crippen LogP contribution is 2.35. The van der Waals surface area contributed by atoms with E-state index in [0.717, 1.165) is 31.4 Å². The summed E-state index contributed by atoms with van der Waals surface area (Å²) in [5, 5.41) is 8.43. The molecule has 0 amide bonds. The van der Waals surface area contributed by atoms with Crippen LogP contribution in [0.2, 0.25) is 0 Å². The quantitative estimate of drug-likeness (QED) is 0.867. The van der Waals surface area contributed by atoms with Crippen molar-refractivity contribution in [2.75, 3.05) is 13.1 Å². The Morgan fingerprint density at radius 2 is 1.81 bits per heavy atom. The number of likely N-dealkylation sites (tertiary alicyclic amines) is 1. The fourth-order valence-electron chi connectivity index (χ4n) is 3.31. The standard InChI is InChI=1S/C16H22N4O/c1-2-9-20(8-1)14-6-10-19(11-7-14)12-15-17-18-16(21-15)13-4-3-5-13/h1-2,8-9,13-14H,3-7,10-12H2. The number of aromatic nitrogens is 3. The van der Waals surface area contributed by atoms with E-state index in [2.05, 4.69) is 44.2 Å². The monoisotopic (exact) mass is 286 g/mol. The number of hydrogen-bond acceptors (Lipinski definition) is 4. The highest BCUT2D eigenvalue weighted by Gasteiger charge is 2.26. The van der Waals surface area contributed by atoms with Gasteiger partial charge in [-0.1, -0.05) is 6.42 Å². The van der Waals surface area contributed by atoms with Gasteiger partial charge in [0.1, 0.15) is 0 Å². The second-order valence-corrected chi connectivity index (χ2v) is 6.30. The van der Waals surface area contributed by atoms with Crippen molar-refractivity contribution in [3.63, 3.8) is 0 Å². The van der Waals surface area contributed by atoms with Crippen molar-refractivity contribution in [3.05, 3.63) is 36.3 Å². The second-order valence-electron chi connectivity index (χ2n) is 6.30. The Kier molecular flexibility index (Phi) is 3.51. The van der Waals surface area contributed by atoms with Gasteiger partial charge in [0.15, 0.2) is 0 Å². The first-order valence-electron chi connectivity index (χ1n) is 8.05. The van der Waals surface area contributed by atoms with Crippen LogP contribution in [0.4, 0.5) is 0 Å². The van der Waals surface area contributed by atoms with Crippen molar-refractivity contribution in [3.8, 4) is 0 Å². The summed E-state index contributed by atoms with van der Waals surface area (Å²) in [6.45, 7) is 3.01. The Morgan fingerprint density at radius 3 is 2.48 bits per heavy atom. The summed E-state index contributed by atoms with van der Waals surface area (Å²) in [7, 11) is 0. The zero-order chi connectivity index (χ0) is 14.1. The predicted molar refractivity (Wildman–Crippen MR) is 78.9 cm³/mol. The minimum absolute atomic E-state index is 0.533. The number of rotatable bonds is 4. The molecule has 2 aromatic rings. The SMILES string of the molecule is c1ccn(C2CCN(Cc3nnc(C4CCC4)o3)CC2)c1. The van der Waals surface area contributed by atoms with E-state index < -0.39 is 0 Å². The van der Waals surface area contributed by atoms with E-state index in [1.807, 2.05) is 0 Å². The lowest BCUT2D eigenvalue weighted by atomic mass is 9.85. The van der Waals surface area contributed by atoms with Crippen LogP contribution in [0.3, 0.4) is 0 Å². The molecule has 0 bridgehead atoms. The van der Waals surface area contributed by atoms with Crippen molar-refractivity contribution < 1.29 is 4.42 Å². The van der Waals surface area contributed by atoms with Gasteiger partial charge in [0.25, 0.3) is 0 Å². The van der Waals surface area contributed by atoms with Crippen molar-refractivity contribution in [1.29, 1.82) is 0 Å². The molecule has 0 radical (unpaired) electrons. The Labute approximate surface area is 125 Å². The average Bonchev–Trinajstić information content (AvgIpc) is 3.10. The minimum atomic E-state index is 0.533. The van der Waals surface area contributed by atoms with Crippen molar-refractivity contribution in [2.24, 2.45) is 0 Å². The number of hydrogen-bond donors (Lipinski definition) is 0. The van der Waals surface area contributed by atoms with E-state index in [1.54, 1.807) is 0 Å². The largest absolute Gasteiger partial charge is 0.424 e. The van der Waals surface area contributed by atoms with Gasteiger partial charge in [-0.3, -0.25) is 4.90 Å². The first kappa shape index (κ1) is 13.1. The Balaban J connectivity index is 1.31. The van der Waals surface area contributed by atoms with Gasteiger partial charge in [0, 0.05) is 37.4 Å². The molecule has 2 aliphatic rings. The maximum Gasteiger partial charge on any atom is 0.230 e. The van der Waals surface area contributed by atoms with Crippen molar-refractivity contribution in [2.45, 2.75) is 50.6 Å². The van der Waals surface area contributed by atoms with E-state index in [0.29, 0.717) is 12.0 Å². The van der Waals surface area contributed by atoms with Crippen LogP contribution in [0.1, 0.15) is 55.8 Å². The molecule has 0 spiro atoms. The topological polar surface area (TPSA) is 47.1 Å². The summed E-state index contributed by atoms with van der Waals surface area (Å²) in [6.07, 6.45) is 10.5. The summed E-state index contributed by atoms with van der Waals surface area (Å²) in [5.74, 6) is 2.18. The maximum absolute atomic E-state index is 5.82. The molecule has 21 heavy (non-hydrogen) atoms. The molecule has 0 N–H and O–H groups in total. The van der Waals surface area contributed by atoms with E-state index in [9.17, 15) is 0 Å². The van der Waals surface area contributed by atoms with Gasteiger partial charge in [-0.25, -0.2) is 0 Å². The van der Waals surface area contributed by atoms with E-state index in [-0.39, 0.29) is 0 Å². The molecule has 5 heteroatoms. The molecule has 1 aliphatic heterocycles. The van der Waals surface area contributed by atoms with Crippen molar-refractivity contribution >= 4 is 0 Å². The average molecular weight is 286 g/mol. The van der Waals surface area contributed by atoms with E-state index in [4.69, 9.17) is 4.42 Å². The Morgan fingerprint density at radius 1 is 1.05 bits per heavy atom. The van der Waals surface area contributed by atoms with Gasteiger partial charge in [-0.15, -0.1) is 10.2 Å². The predicted octanol–water partition coefficient (Wildman–Crippen LogP) is 2.98. The molecular formula is C16H22N4O. The first-order valence-corrected chi connectivity index (χ1v) is 8.05. The van der Waals surface area contributed by atoms with Crippen LogP contribution >= 0.6 is 0 Å². The van der Waals surface area contributed by atoms with Gasteiger partial charge in [-0.05, 0) is 37.8 Å². The molecule has 2 fully saturated rings. The van der Waals surface area contributed by atoms with Crippen LogP contribution in [-0.4, -0.2) is 32.8 Å². The lowest BCUT2D eigenvalue weighted by molar-refractivity contribution is 0.164. The normalized spacial score (nSPS) is 21.5. The fraction of sp³-hybridized carbons (Fsp3) is 0.625. The van der Waals surface area contributed by atoms with Gasteiger partial charge in [-0.2, -0.15) is 0 Å². The number of piperidine rings is 1. The minimum Gasteiger partial charge on any atom is -0.424 e. The van der Waals surface area contributed by atoms with Crippen molar-refractivity contribution in [1.82, 2.24) is 19.7 Å². The highest BCUT2D eigenvalue weighted by molar-refractivity contribution is 4.97. The summed E-state index contributed by atoms with van der Waals surface area (Å²) >= 11 is 0. The van der Waals surface area contributed by atoms with E-state index in [1.165, 1.54) is 32.1 Å². The van der Waals surface area contributed by atoms with Crippen LogP contribution < -0.4 is 0 Å². The molecule has 112 valence electrons. The fourth-order valence-corrected chi connectivity index (χ4v) is 3.31. The smallest absolute Gasteiger partial charge is 0.230 e. The molecular weight excluding hydrogens is 264 g/mol. The molecule has 1 aliphatic carbocycles. The first-order chi connectivity index (χ1) is 10.4. The van der Waals surface area contributed by atoms with Crippen LogP contribution in [-0.2, 0) is 6.54 Å². The molecule has 0 unspecified atom stereocenters. The molecule has 0 aromatic carbocycles. The van der Waals surface area contributed by atoms with Crippen LogP contribution in [0, 0.1) is 0 Å². The summed E-state index contributed by atoms with van der Waals surface area (Å²) < 4.78 is 8.15. The van der Waals surface area contributed by atoms with Crippen LogP contribution in [0.15, 0.2) is 28.9 Å². The maximum atomic E-state index is 5.82. The van der Waals surface area contributed by atoms with Crippen LogP contribution in [0.5, 0.6) is 0 Å². The molecule has 2 aromatic heterocycles. The summed E-state index contributed by atoms with van der Waals surface area (Å²) in [5.41, 5.74) is 0. The molecule has 0 atom stereocenters. The van der Waals surface area contributed by atoms with Crippen LogP contribution in [0.25, 0.3) is 0 Å². The third-order valence-electron chi connectivity index (χ3n) is 4.90.